The minimum atomic E-state index is -1.15. The first-order valence-electron chi connectivity index (χ1n) is 7.82. The van der Waals surface area contributed by atoms with Gasteiger partial charge in [0.15, 0.2) is 11.7 Å². The second-order valence-corrected chi connectivity index (χ2v) is 8.67. The zero-order valence-corrected chi connectivity index (χ0v) is 15.4. The molecule has 0 saturated heterocycles. The first-order valence-corrected chi connectivity index (χ1v) is 9.83. The Kier molecular flexibility index (Phi) is 4.20. The monoisotopic (exact) mass is 389 g/mol. The number of halogens is 1. The van der Waals surface area contributed by atoms with Gasteiger partial charge in [0.1, 0.15) is 10.7 Å². The summed E-state index contributed by atoms with van der Waals surface area (Å²) in [4.78, 5) is 34.5. The first kappa shape index (κ1) is 16.5. The lowest BCUT2D eigenvalue weighted by atomic mass is 9.97. The van der Waals surface area contributed by atoms with E-state index in [4.69, 9.17) is 11.6 Å². The zero-order valence-electron chi connectivity index (χ0n) is 13.0. The molecular formula is C17H12ClN3O2S2. The molecule has 1 aliphatic carbocycles. The number of fused-ring (bicyclic) bond motifs is 3. The van der Waals surface area contributed by atoms with E-state index in [1.807, 2.05) is 6.07 Å². The number of aromatic amines is 1. The molecule has 0 amide bonds. The topological polar surface area (TPSA) is 86.6 Å². The van der Waals surface area contributed by atoms with Crippen LogP contribution in [0.25, 0.3) is 10.2 Å². The number of Topliss-reactive ketones (excluding diaryl/α,β-unsaturated/α-hetero) is 1. The largest absolute Gasteiger partial charge is 0.308 e. The molecule has 0 aliphatic heterocycles. The van der Waals surface area contributed by atoms with Crippen LogP contribution in [0.15, 0.2) is 16.9 Å². The lowest BCUT2D eigenvalue weighted by Gasteiger charge is -2.10. The summed E-state index contributed by atoms with van der Waals surface area (Å²) in [6.07, 6.45) is 4.02. The van der Waals surface area contributed by atoms with Crippen LogP contribution in [0.2, 0.25) is 4.34 Å². The Hall–Kier alpha value is -2.01. The van der Waals surface area contributed by atoms with E-state index in [0.717, 1.165) is 42.6 Å². The number of H-pyrrole nitrogens is 1. The number of carbonyl (C=O) groups excluding carboxylic acids is 1. The van der Waals surface area contributed by atoms with Gasteiger partial charge < -0.3 is 4.98 Å². The predicted molar refractivity (Wildman–Crippen MR) is 98.9 cm³/mol. The van der Waals surface area contributed by atoms with Gasteiger partial charge in [0.25, 0.3) is 5.56 Å². The summed E-state index contributed by atoms with van der Waals surface area (Å²) in [6, 6.07) is 5.16. The van der Waals surface area contributed by atoms with Crippen molar-refractivity contribution in [3.8, 4) is 6.07 Å². The molecule has 25 heavy (non-hydrogen) atoms. The summed E-state index contributed by atoms with van der Waals surface area (Å²) in [5.74, 6) is -1.44. The van der Waals surface area contributed by atoms with Crippen LogP contribution in [0.3, 0.4) is 0 Å². The van der Waals surface area contributed by atoms with Gasteiger partial charge in [0.05, 0.1) is 20.7 Å². The second-order valence-electron chi connectivity index (χ2n) is 5.87. The predicted octanol–water partition coefficient (Wildman–Crippen LogP) is 4.07. The van der Waals surface area contributed by atoms with Crippen molar-refractivity contribution < 1.29 is 4.79 Å². The maximum Gasteiger partial charge on any atom is 0.259 e. The molecule has 3 heterocycles. The lowest BCUT2D eigenvalue weighted by molar-refractivity contribution is 0.0980. The van der Waals surface area contributed by atoms with Crippen molar-refractivity contribution in [1.29, 1.82) is 5.26 Å². The third-order valence-electron chi connectivity index (χ3n) is 4.32. The Morgan fingerprint density at radius 2 is 2.12 bits per heavy atom. The summed E-state index contributed by atoms with van der Waals surface area (Å²) < 4.78 is 0.475. The molecule has 0 fully saturated rings. The number of rotatable bonds is 3. The van der Waals surface area contributed by atoms with E-state index in [1.54, 1.807) is 12.1 Å². The van der Waals surface area contributed by atoms with E-state index in [1.165, 1.54) is 16.2 Å². The molecule has 0 aromatic carbocycles. The van der Waals surface area contributed by atoms with E-state index in [-0.39, 0.29) is 11.4 Å². The molecule has 4 rings (SSSR count). The average Bonchev–Trinajstić information content (AvgIpc) is 3.18. The molecule has 1 atom stereocenters. The fourth-order valence-electron chi connectivity index (χ4n) is 3.15. The van der Waals surface area contributed by atoms with Crippen LogP contribution in [0.4, 0.5) is 0 Å². The molecule has 8 heteroatoms. The van der Waals surface area contributed by atoms with E-state index >= 15 is 0 Å². The highest BCUT2D eigenvalue weighted by Crippen LogP contribution is 2.34. The molecule has 0 saturated carbocycles. The van der Waals surface area contributed by atoms with Crippen molar-refractivity contribution in [3.63, 3.8) is 0 Å². The zero-order chi connectivity index (χ0) is 17.6. The minimum Gasteiger partial charge on any atom is -0.308 e. The van der Waals surface area contributed by atoms with E-state index < -0.39 is 11.7 Å². The molecule has 0 bridgehead atoms. The van der Waals surface area contributed by atoms with Gasteiger partial charge >= 0.3 is 0 Å². The molecule has 0 radical (unpaired) electrons. The maximum atomic E-state index is 12.6. The third-order valence-corrected chi connectivity index (χ3v) is 6.76. The van der Waals surface area contributed by atoms with Crippen molar-refractivity contribution in [2.45, 2.75) is 31.6 Å². The number of hydrogen-bond donors (Lipinski definition) is 1. The summed E-state index contributed by atoms with van der Waals surface area (Å²) >= 11 is 8.48. The number of thiophene rings is 2. The van der Waals surface area contributed by atoms with Gasteiger partial charge in [0.2, 0.25) is 0 Å². The van der Waals surface area contributed by atoms with Crippen LogP contribution >= 0.6 is 34.3 Å². The summed E-state index contributed by atoms with van der Waals surface area (Å²) in [5, 5.41) is 10.1. The Morgan fingerprint density at radius 1 is 1.32 bits per heavy atom. The number of carbonyl (C=O) groups is 1. The van der Waals surface area contributed by atoms with Crippen LogP contribution < -0.4 is 5.56 Å². The third kappa shape index (κ3) is 2.80. The Morgan fingerprint density at radius 3 is 2.84 bits per heavy atom. The maximum absolute atomic E-state index is 12.6. The normalized spacial score (nSPS) is 14.9. The highest BCUT2D eigenvalue weighted by Gasteiger charge is 2.28. The molecule has 3 aromatic rings. The molecule has 0 spiro atoms. The number of nitrogens with one attached hydrogen (secondary N) is 1. The Labute approximate surface area is 155 Å². The van der Waals surface area contributed by atoms with Crippen LogP contribution in [0.5, 0.6) is 0 Å². The van der Waals surface area contributed by atoms with Gasteiger partial charge in [-0.2, -0.15) is 5.26 Å². The van der Waals surface area contributed by atoms with Crippen LogP contribution in [0.1, 0.15) is 44.7 Å². The van der Waals surface area contributed by atoms with Crippen molar-refractivity contribution >= 4 is 50.3 Å². The Balaban J connectivity index is 1.81. The van der Waals surface area contributed by atoms with Crippen molar-refractivity contribution in [2.75, 3.05) is 0 Å². The van der Waals surface area contributed by atoms with Crippen molar-refractivity contribution in [2.24, 2.45) is 0 Å². The minimum absolute atomic E-state index is 0.105. The number of ketones is 1. The smallest absolute Gasteiger partial charge is 0.259 e. The first-order chi connectivity index (χ1) is 12.1. The number of aromatic nitrogens is 2. The Bertz CT molecular complexity index is 1090. The molecule has 1 aliphatic rings. The average molecular weight is 390 g/mol. The molecular weight excluding hydrogens is 378 g/mol. The van der Waals surface area contributed by atoms with E-state index in [0.29, 0.717) is 19.4 Å². The summed E-state index contributed by atoms with van der Waals surface area (Å²) in [5.41, 5.74) is 0.813. The fraction of sp³-hybridized carbons (Fsp3) is 0.294. The molecule has 126 valence electrons. The SMILES string of the molecule is N#CC(C(=O)c1ccc(Cl)s1)c1nc2sc3c(c2c(=O)[nH]1)CCCC3. The van der Waals surface area contributed by atoms with Crippen LogP contribution in [0, 0.1) is 11.3 Å². The quantitative estimate of drug-likeness (QED) is 0.684. The lowest BCUT2D eigenvalue weighted by Crippen LogP contribution is -2.19. The molecule has 3 aromatic heterocycles. The van der Waals surface area contributed by atoms with E-state index in [9.17, 15) is 14.9 Å². The van der Waals surface area contributed by atoms with Crippen molar-refractivity contribution in [3.05, 3.63) is 48.0 Å². The number of nitrogens with zero attached hydrogens (tertiary/aromatic N) is 2. The highest BCUT2D eigenvalue weighted by molar-refractivity contribution is 7.19. The fourth-order valence-corrected chi connectivity index (χ4v) is 5.43. The summed E-state index contributed by atoms with van der Waals surface area (Å²) in [7, 11) is 0. The number of hydrogen-bond acceptors (Lipinski definition) is 6. The van der Waals surface area contributed by atoms with Crippen LogP contribution in [-0.4, -0.2) is 15.8 Å². The van der Waals surface area contributed by atoms with Gasteiger partial charge in [-0.3, -0.25) is 9.59 Å². The number of nitriles is 1. The second kappa shape index (κ2) is 6.37. The van der Waals surface area contributed by atoms with Crippen molar-refractivity contribution in [1.82, 2.24) is 9.97 Å². The standard InChI is InChI=1S/C17H12ClN3O2S2/c18-12-6-5-11(24-12)14(22)9(7-19)15-20-16(23)13-8-3-1-2-4-10(8)25-17(13)21-15/h5-6,9H,1-4H2,(H,20,21,23). The van der Waals surface area contributed by atoms with E-state index in [2.05, 4.69) is 9.97 Å². The molecule has 1 unspecified atom stereocenters. The van der Waals surface area contributed by atoms with Gasteiger partial charge in [0, 0.05) is 4.88 Å². The van der Waals surface area contributed by atoms with Gasteiger partial charge in [-0.15, -0.1) is 22.7 Å². The van der Waals surface area contributed by atoms with Gasteiger partial charge in [-0.25, -0.2) is 4.98 Å². The van der Waals surface area contributed by atoms with Crippen LogP contribution in [-0.2, 0) is 12.8 Å². The molecule has 1 N–H and O–H groups in total. The number of aryl methyl sites for hydroxylation is 2. The summed E-state index contributed by atoms with van der Waals surface area (Å²) in [6.45, 7) is 0. The highest BCUT2D eigenvalue weighted by atomic mass is 35.5. The van der Waals surface area contributed by atoms with Gasteiger partial charge in [-0.05, 0) is 43.4 Å². The molecule has 5 nitrogen and oxygen atoms in total. The van der Waals surface area contributed by atoms with Gasteiger partial charge in [-0.1, -0.05) is 11.6 Å².